The van der Waals surface area contributed by atoms with E-state index in [1.54, 1.807) is 0 Å². The molecule has 1 aromatic heterocycles. The summed E-state index contributed by atoms with van der Waals surface area (Å²) in [4.78, 5) is 25.9. The number of fused-ring (bicyclic) bond motifs is 1. The van der Waals surface area contributed by atoms with Crippen molar-refractivity contribution in [1.82, 2.24) is 14.9 Å². The predicted octanol–water partition coefficient (Wildman–Crippen LogP) is 3.89. The van der Waals surface area contributed by atoms with Gasteiger partial charge in [0.1, 0.15) is 22.9 Å². The fraction of sp³-hybridized carbons (Fsp3) is 0.320. The zero-order chi connectivity index (χ0) is 23.7. The van der Waals surface area contributed by atoms with Gasteiger partial charge in [0.15, 0.2) is 0 Å². The molecule has 0 N–H and O–H groups in total. The van der Waals surface area contributed by atoms with Crippen molar-refractivity contribution in [2.45, 2.75) is 19.9 Å². The number of carbonyl (C=O) groups excluding carboxylic acids is 1. The molecule has 0 bridgehead atoms. The van der Waals surface area contributed by atoms with Crippen molar-refractivity contribution in [2.24, 2.45) is 0 Å². The van der Waals surface area contributed by atoms with E-state index in [0.29, 0.717) is 55.9 Å². The van der Waals surface area contributed by atoms with Crippen LogP contribution in [0.4, 0.5) is 14.7 Å². The van der Waals surface area contributed by atoms with Gasteiger partial charge >= 0.3 is 0 Å². The second kappa shape index (κ2) is 9.34. The zero-order valence-electron chi connectivity index (χ0n) is 18.8. The molecule has 1 saturated heterocycles. The van der Waals surface area contributed by atoms with Gasteiger partial charge in [0.2, 0.25) is 11.8 Å². The number of benzene rings is 2. The number of rotatable bonds is 4. The summed E-state index contributed by atoms with van der Waals surface area (Å²) in [7, 11) is 0. The smallest absolute Gasteiger partial charge is 0.260 e. The Morgan fingerprint density at radius 2 is 1.76 bits per heavy atom. The number of ether oxygens (including phenoxy) is 2. The van der Waals surface area contributed by atoms with Gasteiger partial charge in [-0.2, -0.15) is 4.98 Å². The van der Waals surface area contributed by atoms with Crippen molar-refractivity contribution in [3.8, 4) is 11.6 Å². The molecular weight excluding hydrogens is 442 g/mol. The van der Waals surface area contributed by atoms with Crippen LogP contribution in [0, 0.1) is 18.6 Å². The quantitative estimate of drug-likeness (QED) is 0.581. The molecule has 2 aromatic carbocycles. The highest BCUT2D eigenvalue weighted by Gasteiger charge is 2.31. The number of morpholine rings is 1. The SMILES string of the molecule is Cc1cccc(Oc2nc(N3CCOCC3)nc3c2CN(C(=O)c2c(F)cccc2F)CC3)c1. The first kappa shape index (κ1) is 22.2. The summed E-state index contributed by atoms with van der Waals surface area (Å²) in [5.41, 5.74) is 1.87. The molecule has 2 aliphatic rings. The van der Waals surface area contributed by atoms with Crippen molar-refractivity contribution in [3.63, 3.8) is 0 Å². The van der Waals surface area contributed by atoms with Crippen molar-refractivity contribution in [2.75, 3.05) is 37.7 Å². The van der Waals surface area contributed by atoms with Crippen molar-refractivity contribution < 1.29 is 23.0 Å². The second-order valence-electron chi connectivity index (χ2n) is 8.35. The molecule has 0 unspecified atom stereocenters. The first-order chi connectivity index (χ1) is 16.5. The molecule has 0 spiro atoms. The Kier molecular flexibility index (Phi) is 6.10. The third kappa shape index (κ3) is 4.43. The van der Waals surface area contributed by atoms with Crippen LogP contribution < -0.4 is 9.64 Å². The summed E-state index contributed by atoms with van der Waals surface area (Å²) in [6.07, 6.45) is 0.418. The lowest BCUT2D eigenvalue weighted by Gasteiger charge is -2.32. The third-order valence-electron chi connectivity index (χ3n) is 5.97. The van der Waals surface area contributed by atoms with Crippen LogP contribution in [-0.4, -0.2) is 53.6 Å². The number of aromatic nitrogens is 2. The Hall–Kier alpha value is -3.59. The molecule has 0 aliphatic carbocycles. The van der Waals surface area contributed by atoms with Crippen molar-refractivity contribution >= 4 is 11.9 Å². The number of carbonyl (C=O) groups is 1. The maximum absolute atomic E-state index is 14.3. The van der Waals surface area contributed by atoms with E-state index in [1.165, 1.54) is 11.0 Å². The maximum Gasteiger partial charge on any atom is 0.260 e. The summed E-state index contributed by atoms with van der Waals surface area (Å²) in [5, 5.41) is 0. The fourth-order valence-corrected chi connectivity index (χ4v) is 4.18. The van der Waals surface area contributed by atoms with E-state index >= 15 is 0 Å². The minimum absolute atomic E-state index is 0.0898. The Morgan fingerprint density at radius 1 is 1.03 bits per heavy atom. The molecule has 3 aromatic rings. The van der Waals surface area contributed by atoms with Crippen LogP contribution in [0.3, 0.4) is 0 Å². The largest absolute Gasteiger partial charge is 0.438 e. The summed E-state index contributed by atoms with van der Waals surface area (Å²) in [6.45, 7) is 4.84. The van der Waals surface area contributed by atoms with Crippen LogP contribution in [0.1, 0.15) is 27.2 Å². The predicted molar refractivity (Wildman–Crippen MR) is 121 cm³/mol. The molecule has 2 aliphatic heterocycles. The third-order valence-corrected chi connectivity index (χ3v) is 5.97. The Labute approximate surface area is 195 Å². The highest BCUT2D eigenvalue weighted by atomic mass is 19.1. The maximum atomic E-state index is 14.3. The van der Waals surface area contributed by atoms with Gasteiger partial charge in [-0.15, -0.1) is 0 Å². The van der Waals surface area contributed by atoms with E-state index in [-0.39, 0.29) is 13.1 Å². The summed E-state index contributed by atoms with van der Waals surface area (Å²) in [6, 6.07) is 11.0. The second-order valence-corrected chi connectivity index (χ2v) is 8.35. The lowest BCUT2D eigenvalue weighted by atomic mass is 10.0. The number of hydrogen-bond acceptors (Lipinski definition) is 6. The van der Waals surface area contributed by atoms with Gasteiger partial charge in [-0.25, -0.2) is 13.8 Å². The molecule has 0 radical (unpaired) electrons. The highest BCUT2D eigenvalue weighted by molar-refractivity contribution is 5.95. The normalized spacial score (nSPS) is 15.7. The number of amides is 1. The minimum atomic E-state index is -0.883. The summed E-state index contributed by atoms with van der Waals surface area (Å²) >= 11 is 0. The topological polar surface area (TPSA) is 67.8 Å². The number of anilines is 1. The minimum Gasteiger partial charge on any atom is -0.438 e. The molecule has 5 rings (SSSR count). The molecule has 0 atom stereocenters. The average molecular weight is 466 g/mol. The van der Waals surface area contributed by atoms with Crippen LogP contribution in [0.15, 0.2) is 42.5 Å². The Bertz CT molecular complexity index is 1210. The van der Waals surface area contributed by atoms with Crippen molar-refractivity contribution in [1.29, 1.82) is 0 Å². The number of nitrogens with zero attached hydrogens (tertiary/aromatic N) is 4. The van der Waals surface area contributed by atoms with E-state index < -0.39 is 23.1 Å². The Balaban J connectivity index is 1.51. The van der Waals surface area contributed by atoms with Gasteiger partial charge in [-0.3, -0.25) is 4.79 Å². The molecule has 1 amide bonds. The number of aryl methyl sites for hydroxylation is 1. The van der Waals surface area contributed by atoms with Gasteiger partial charge in [0.25, 0.3) is 5.91 Å². The van der Waals surface area contributed by atoms with E-state index in [2.05, 4.69) is 4.98 Å². The molecule has 9 heteroatoms. The van der Waals surface area contributed by atoms with Gasteiger partial charge in [0, 0.05) is 26.1 Å². The Morgan fingerprint density at radius 3 is 2.50 bits per heavy atom. The lowest BCUT2D eigenvalue weighted by Crippen LogP contribution is -2.40. The van der Waals surface area contributed by atoms with Crippen molar-refractivity contribution in [3.05, 3.63) is 76.5 Å². The van der Waals surface area contributed by atoms with Crippen LogP contribution in [0.2, 0.25) is 0 Å². The molecule has 3 heterocycles. The average Bonchev–Trinajstić information content (AvgIpc) is 2.84. The lowest BCUT2D eigenvalue weighted by molar-refractivity contribution is 0.0722. The fourth-order valence-electron chi connectivity index (χ4n) is 4.18. The van der Waals surface area contributed by atoms with Gasteiger partial charge in [0.05, 0.1) is 31.0 Å². The van der Waals surface area contributed by atoms with Gasteiger partial charge < -0.3 is 19.3 Å². The van der Waals surface area contributed by atoms with Crippen LogP contribution >= 0.6 is 0 Å². The van der Waals surface area contributed by atoms with Gasteiger partial charge in [-0.05, 0) is 36.8 Å². The molecule has 34 heavy (non-hydrogen) atoms. The highest BCUT2D eigenvalue weighted by Crippen LogP contribution is 2.32. The number of halogens is 2. The van der Waals surface area contributed by atoms with Crippen LogP contribution in [-0.2, 0) is 17.7 Å². The summed E-state index contributed by atoms with van der Waals surface area (Å²) < 4.78 is 40.1. The standard InChI is InChI=1S/C25H24F2N4O3/c1-16-4-2-5-17(14-16)34-23-18-15-31(24(32)22-19(26)6-3-7-20(22)27)9-8-21(18)28-25(29-23)30-10-12-33-13-11-30/h2-7,14H,8-13,15H2,1H3. The van der Waals surface area contributed by atoms with E-state index in [1.807, 2.05) is 36.1 Å². The van der Waals surface area contributed by atoms with Crippen LogP contribution in [0.25, 0.3) is 0 Å². The monoisotopic (exact) mass is 466 g/mol. The summed E-state index contributed by atoms with van der Waals surface area (Å²) in [5.74, 6) is -0.984. The first-order valence-corrected chi connectivity index (χ1v) is 11.2. The number of hydrogen-bond donors (Lipinski definition) is 0. The molecule has 7 nitrogen and oxygen atoms in total. The molecule has 1 fully saturated rings. The molecule has 0 saturated carbocycles. The van der Waals surface area contributed by atoms with E-state index in [0.717, 1.165) is 23.4 Å². The molecular formula is C25H24F2N4O3. The molecule has 176 valence electrons. The first-order valence-electron chi connectivity index (χ1n) is 11.2. The van der Waals surface area contributed by atoms with Gasteiger partial charge in [-0.1, -0.05) is 18.2 Å². The van der Waals surface area contributed by atoms with E-state index in [9.17, 15) is 13.6 Å². The zero-order valence-corrected chi connectivity index (χ0v) is 18.8. The van der Waals surface area contributed by atoms with Crippen LogP contribution in [0.5, 0.6) is 11.6 Å². The van der Waals surface area contributed by atoms with E-state index in [4.69, 9.17) is 14.5 Å².